The van der Waals surface area contributed by atoms with Crippen molar-refractivity contribution in [2.45, 2.75) is 32.1 Å². The maximum Gasteiger partial charge on any atom is 0.277 e. The fraction of sp³-hybridized carbons (Fsp3) is 0.429. The molecule has 1 aliphatic rings. The lowest BCUT2D eigenvalue weighted by atomic mass is 9.91. The van der Waals surface area contributed by atoms with E-state index in [1.807, 2.05) is 5.38 Å². The van der Waals surface area contributed by atoms with Gasteiger partial charge < -0.3 is 18.7 Å². The van der Waals surface area contributed by atoms with Gasteiger partial charge in [-0.25, -0.2) is 4.39 Å². The third-order valence-electron chi connectivity index (χ3n) is 5.51. The minimum absolute atomic E-state index is 0.300. The lowest BCUT2D eigenvalue weighted by Crippen LogP contribution is -2.34. The molecular weight excluding hydrogens is 421 g/mol. The first-order valence-corrected chi connectivity index (χ1v) is 11.2. The van der Waals surface area contributed by atoms with Gasteiger partial charge in [0.2, 0.25) is 0 Å². The zero-order valence-corrected chi connectivity index (χ0v) is 17.9. The van der Waals surface area contributed by atoms with Crippen LogP contribution >= 0.6 is 11.3 Å². The molecule has 0 saturated carbocycles. The molecule has 0 spiro atoms. The third-order valence-corrected chi connectivity index (χ3v) is 6.26. The zero-order chi connectivity index (χ0) is 21.2. The molecule has 1 aromatic carbocycles. The van der Waals surface area contributed by atoms with Gasteiger partial charge in [-0.15, -0.1) is 0 Å². The molecule has 0 radical (unpaired) electrons. The van der Waals surface area contributed by atoms with Gasteiger partial charge in [-0.1, -0.05) is 21.7 Å². The topological polar surface area (TPSA) is 90.3 Å². The number of hydrogen-bond donors (Lipinski definition) is 0. The number of rotatable bonds is 7. The van der Waals surface area contributed by atoms with Gasteiger partial charge in [-0.2, -0.15) is 9.97 Å². The third kappa shape index (κ3) is 4.45. The Labute approximate surface area is 182 Å². The summed E-state index contributed by atoms with van der Waals surface area (Å²) in [6, 6.07) is 4.63. The summed E-state index contributed by atoms with van der Waals surface area (Å²) in [7, 11) is 0. The monoisotopic (exact) mass is 443 g/mol. The van der Waals surface area contributed by atoms with E-state index in [1.54, 1.807) is 13.0 Å². The number of benzene rings is 1. The van der Waals surface area contributed by atoms with Crippen molar-refractivity contribution < 1.29 is 18.2 Å². The van der Waals surface area contributed by atoms with Gasteiger partial charge in [0.15, 0.2) is 11.4 Å². The average molecular weight is 444 g/mol. The molecule has 31 heavy (non-hydrogen) atoms. The Bertz CT molecular complexity index is 1160. The number of fused-ring (bicyclic) bond motifs is 1. The summed E-state index contributed by atoms with van der Waals surface area (Å²) in [6.45, 7) is 5.35. The second kappa shape index (κ2) is 8.72. The molecule has 0 unspecified atom stereocenters. The van der Waals surface area contributed by atoms with E-state index < -0.39 is 0 Å². The number of hydrogen-bond acceptors (Lipinski definition) is 9. The van der Waals surface area contributed by atoms with Crippen molar-refractivity contribution in [3.63, 3.8) is 0 Å². The Balaban J connectivity index is 1.07. The van der Waals surface area contributed by atoms with E-state index in [0.717, 1.165) is 50.0 Å². The predicted octanol–water partition coefficient (Wildman–Crippen LogP) is 4.43. The summed E-state index contributed by atoms with van der Waals surface area (Å²) in [6.07, 6.45) is 2.95. The van der Waals surface area contributed by atoms with Gasteiger partial charge in [-0.3, -0.25) is 0 Å². The number of nitrogens with zero attached hydrogens (tertiary/aromatic N) is 5. The maximum absolute atomic E-state index is 13.4. The molecule has 0 amide bonds. The van der Waals surface area contributed by atoms with E-state index in [4.69, 9.17) is 13.8 Å². The lowest BCUT2D eigenvalue weighted by Gasteiger charge is -2.31. The predicted molar refractivity (Wildman–Crippen MR) is 113 cm³/mol. The van der Waals surface area contributed by atoms with Crippen LogP contribution in [0.3, 0.4) is 0 Å². The summed E-state index contributed by atoms with van der Waals surface area (Å²) in [5.41, 5.74) is 2.12. The van der Waals surface area contributed by atoms with Crippen molar-refractivity contribution in [1.82, 2.24) is 25.2 Å². The van der Waals surface area contributed by atoms with Crippen molar-refractivity contribution >= 4 is 22.3 Å². The molecule has 8 nitrogen and oxygen atoms in total. The van der Waals surface area contributed by atoms with Crippen LogP contribution in [0, 0.1) is 12.7 Å². The number of thiazole rings is 1. The van der Waals surface area contributed by atoms with E-state index in [9.17, 15) is 4.39 Å². The summed E-state index contributed by atoms with van der Waals surface area (Å²) >= 11 is 1.43. The van der Waals surface area contributed by atoms with Crippen molar-refractivity contribution in [1.29, 1.82) is 0 Å². The van der Waals surface area contributed by atoms with Crippen LogP contribution in [-0.4, -0.2) is 51.4 Å². The molecule has 1 aliphatic heterocycles. The van der Waals surface area contributed by atoms with Crippen LogP contribution in [0.25, 0.3) is 22.6 Å². The number of likely N-dealkylation sites (tertiary alicyclic amines) is 1. The summed E-state index contributed by atoms with van der Waals surface area (Å²) in [4.78, 5) is 11.0. The lowest BCUT2D eigenvalue weighted by molar-refractivity contribution is 0.190. The molecule has 0 bridgehead atoms. The van der Waals surface area contributed by atoms with Crippen molar-refractivity contribution in [3.05, 3.63) is 40.9 Å². The zero-order valence-electron chi connectivity index (χ0n) is 17.1. The highest BCUT2D eigenvalue weighted by molar-refractivity contribution is 7.11. The Morgan fingerprint density at radius 1 is 1.19 bits per heavy atom. The first-order chi connectivity index (χ1) is 15.2. The van der Waals surface area contributed by atoms with Gasteiger partial charge >= 0.3 is 0 Å². The van der Waals surface area contributed by atoms with E-state index in [2.05, 4.69) is 25.2 Å². The molecule has 1 fully saturated rings. The van der Waals surface area contributed by atoms with Crippen LogP contribution in [0.1, 0.15) is 36.7 Å². The molecule has 0 N–H and O–H groups in total. The standard InChI is InChI=1S/C21H22FN5O3S/c1-13-23-20(30-25-13)17-12-31-21(24-17)28-10-2-7-27-8-5-14(6-9-27)19-16-4-3-15(22)11-18(16)29-26-19/h3-4,11-12,14H,2,5-10H2,1H3. The Kier molecular flexibility index (Phi) is 5.65. The van der Waals surface area contributed by atoms with E-state index >= 15 is 0 Å². The quantitative estimate of drug-likeness (QED) is 0.388. The highest BCUT2D eigenvalue weighted by Crippen LogP contribution is 2.33. The second-order valence-corrected chi connectivity index (χ2v) is 8.49. The Morgan fingerprint density at radius 2 is 2.06 bits per heavy atom. The molecule has 0 atom stereocenters. The number of halogens is 1. The van der Waals surface area contributed by atoms with Crippen LogP contribution < -0.4 is 4.74 Å². The number of piperidine rings is 1. The van der Waals surface area contributed by atoms with Crippen LogP contribution in [0.4, 0.5) is 4.39 Å². The van der Waals surface area contributed by atoms with Crippen molar-refractivity contribution in [3.8, 4) is 16.8 Å². The van der Waals surface area contributed by atoms with Crippen molar-refractivity contribution in [2.24, 2.45) is 0 Å². The van der Waals surface area contributed by atoms with Crippen LogP contribution in [-0.2, 0) is 0 Å². The summed E-state index contributed by atoms with van der Waals surface area (Å²) in [5, 5.41) is 11.4. The molecule has 4 heterocycles. The molecule has 10 heteroatoms. The number of aromatic nitrogens is 4. The molecular formula is C21H22FN5O3S. The van der Waals surface area contributed by atoms with Gasteiger partial charge in [-0.05, 0) is 51.4 Å². The molecule has 1 saturated heterocycles. The fourth-order valence-corrected chi connectivity index (χ4v) is 4.59. The van der Waals surface area contributed by atoms with E-state index in [-0.39, 0.29) is 5.82 Å². The Hall–Kier alpha value is -2.85. The first kappa shape index (κ1) is 20.1. The van der Waals surface area contributed by atoms with E-state index in [0.29, 0.717) is 40.7 Å². The maximum atomic E-state index is 13.4. The number of aryl methyl sites for hydroxylation is 1. The fourth-order valence-electron chi connectivity index (χ4n) is 3.93. The minimum atomic E-state index is -0.300. The molecule has 162 valence electrons. The SMILES string of the molecule is Cc1noc(-c2csc(OCCCN3CCC(c4noc5cc(F)ccc45)CC3)n2)n1. The van der Waals surface area contributed by atoms with Gasteiger partial charge in [0.05, 0.1) is 12.3 Å². The van der Waals surface area contributed by atoms with Crippen molar-refractivity contribution in [2.75, 3.05) is 26.2 Å². The molecule has 5 rings (SSSR count). The highest BCUT2D eigenvalue weighted by Gasteiger charge is 2.25. The molecule has 4 aromatic rings. The second-order valence-electron chi connectivity index (χ2n) is 7.67. The number of ether oxygens (including phenoxy) is 1. The van der Waals surface area contributed by atoms with Gasteiger partial charge in [0, 0.05) is 29.3 Å². The van der Waals surface area contributed by atoms with E-state index in [1.165, 1.54) is 23.5 Å². The molecule has 3 aromatic heterocycles. The normalized spacial score (nSPS) is 15.7. The largest absolute Gasteiger partial charge is 0.470 e. The smallest absolute Gasteiger partial charge is 0.277 e. The highest BCUT2D eigenvalue weighted by atomic mass is 32.1. The Morgan fingerprint density at radius 3 is 2.87 bits per heavy atom. The minimum Gasteiger partial charge on any atom is -0.470 e. The molecule has 0 aliphatic carbocycles. The van der Waals surface area contributed by atoms with Gasteiger partial charge in [0.25, 0.3) is 11.1 Å². The average Bonchev–Trinajstić information content (AvgIpc) is 3.51. The van der Waals surface area contributed by atoms with Crippen LogP contribution in [0.5, 0.6) is 5.19 Å². The summed E-state index contributed by atoms with van der Waals surface area (Å²) < 4.78 is 29.6. The van der Waals surface area contributed by atoms with Crippen LogP contribution in [0.15, 0.2) is 32.6 Å². The van der Waals surface area contributed by atoms with Crippen LogP contribution in [0.2, 0.25) is 0 Å². The first-order valence-electron chi connectivity index (χ1n) is 10.3. The van der Waals surface area contributed by atoms with Gasteiger partial charge in [0.1, 0.15) is 11.5 Å². The summed E-state index contributed by atoms with van der Waals surface area (Å²) in [5.74, 6) is 1.05.